The maximum absolute atomic E-state index is 11.7. The summed E-state index contributed by atoms with van der Waals surface area (Å²) in [6, 6.07) is 9.42. The zero-order valence-corrected chi connectivity index (χ0v) is 8.23. The summed E-state index contributed by atoms with van der Waals surface area (Å²) in [7, 11) is 0. The van der Waals surface area contributed by atoms with Crippen molar-refractivity contribution >= 4 is 11.2 Å². The summed E-state index contributed by atoms with van der Waals surface area (Å²) in [5.74, 6) is 0. The van der Waals surface area contributed by atoms with Gasteiger partial charge in [0.05, 0.1) is 0 Å². The van der Waals surface area contributed by atoms with Crippen LogP contribution in [-0.2, 0) is 11.2 Å². The average molecular weight is 181 g/mol. The van der Waals surface area contributed by atoms with Gasteiger partial charge in [-0.3, -0.25) is 0 Å². The first-order valence-corrected chi connectivity index (χ1v) is 4.99. The number of rotatable bonds is 2. The highest BCUT2D eigenvalue weighted by molar-refractivity contribution is 7.92. The minimum absolute atomic E-state index is 0.415. The van der Waals surface area contributed by atoms with Crippen molar-refractivity contribution in [1.29, 1.82) is 0 Å². The minimum atomic E-state index is -1.01. The van der Waals surface area contributed by atoms with Crippen LogP contribution in [0.4, 0.5) is 0 Å². The molecule has 0 aliphatic carbocycles. The molecule has 1 rings (SSSR count). The predicted octanol–water partition coefficient (Wildman–Crippen LogP) is 2.41. The Morgan fingerprint density at radius 2 is 1.75 bits per heavy atom. The normalized spacial score (nSPS) is 14.3. The molecule has 0 aliphatic rings. The van der Waals surface area contributed by atoms with E-state index in [2.05, 4.69) is 6.92 Å². The molecular weight excluding hydrogens is 168 g/mol. The maximum Gasteiger partial charge on any atom is 0.153 e. The van der Waals surface area contributed by atoms with Crippen LogP contribution in [0.3, 0.4) is 0 Å². The molecule has 0 heterocycles. The Morgan fingerprint density at radius 1 is 1.25 bits per heavy atom. The fourth-order valence-electron chi connectivity index (χ4n) is 0.863. The molecule has 1 unspecified atom stereocenters. The second-order valence-corrected chi connectivity index (χ2v) is 5.46. The molecule has 1 aromatic rings. The number of benzene rings is 1. The van der Waals surface area contributed by atoms with Crippen LogP contribution in [0.25, 0.3) is 0 Å². The summed E-state index contributed by atoms with van der Waals surface area (Å²) < 4.78 is 11.3. The lowest BCUT2D eigenvalue weighted by molar-refractivity contribution is 0.570. The molecule has 0 aliphatic heterocycles. The van der Waals surface area contributed by atoms with Crippen molar-refractivity contribution in [2.75, 3.05) is 0 Å². The first-order chi connectivity index (χ1) is 5.52. The van der Waals surface area contributed by atoms with Gasteiger partial charge in [0, 0.05) is 6.92 Å². The van der Waals surface area contributed by atoms with Crippen molar-refractivity contribution in [3.8, 4) is 0 Å². The van der Waals surface area contributed by atoms with E-state index < -0.39 is 15.9 Å². The van der Waals surface area contributed by atoms with Crippen molar-refractivity contribution in [3.63, 3.8) is 0 Å². The van der Waals surface area contributed by atoms with Crippen LogP contribution >= 0.6 is 0 Å². The standard InChI is InChI=1S/C10H13OS/c1-10(2,3)12(11)9-7-5-4-6-8-9/h4-8H,1H2,2-3H3. The molecule has 1 nitrogen and oxygen atoms in total. The van der Waals surface area contributed by atoms with Crippen LogP contribution in [-0.4, -0.2) is 9.30 Å². The Bertz CT molecular complexity index is 238. The summed E-state index contributed by atoms with van der Waals surface area (Å²) in [5, 5.41) is 0. The van der Waals surface area contributed by atoms with E-state index in [9.17, 15) is 4.55 Å². The molecule has 0 saturated heterocycles. The lowest BCUT2D eigenvalue weighted by atomic mass is 10.3. The van der Waals surface area contributed by atoms with Gasteiger partial charge < -0.3 is 4.55 Å². The number of hydrogen-bond donors (Lipinski definition) is 0. The highest BCUT2D eigenvalue weighted by atomic mass is 32.2. The molecule has 1 atom stereocenters. The predicted molar refractivity (Wildman–Crippen MR) is 52.3 cm³/mol. The Kier molecular flexibility index (Phi) is 2.80. The molecule has 0 fully saturated rings. The lowest BCUT2D eigenvalue weighted by Crippen LogP contribution is -2.28. The van der Waals surface area contributed by atoms with Gasteiger partial charge in [0.25, 0.3) is 0 Å². The molecule has 0 N–H and O–H groups in total. The van der Waals surface area contributed by atoms with Crippen LogP contribution in [0.5, 0.6) is 0 Å². The summed E-state index contributed by atoms with van der Waals surface area (Å²) in [6.07, 6.45) is 0. The Labute approximate surface area is 77.0 Å². The fraction of sp³-hybridized carbons (Fsp3) is 0.300. The van der Waals surface area contributed by atoms with E-state index in [1.54, 1.807) is 0 Å². The molecule has 0 aromatic heterocycles. The number of hydrogen-bond acceptors (Lipinski definition) is 1. The van der Waals surface area contributed by atoms with Crippen LogP contribution in [0.1, 0.15) is 13.8 Å². The summed E-state index contributed by atoms with van der Waals surface area (Å²) in [5.41, 5.74) is 0. The lowest BCUT2D eigenvalue weighted by Gasteiger charge is -2.23. The van der Waals surface area contributed by atoms with E-state index in [0.29, 0.717) is 0 Å². The average Bonchev–Trinajstić information content (AvgIpc) is 2.03. The fourth-order valence-corrected chi connectivity index (χ4v) is 1.91. The van der Waals surface area contributed by atoms with Gasteiger partial charge in [-0.1, -0.05) is 18.2 Å². The maximum atomic E-state index is 11.7. The molecule has 2 heteroatoms. The third-order valence-electron chi connectivity index (χ3n) is 1.46. The van der Waals surface area contributed by atoms with Crippen molar-refractivity contribution < 1.29 is 4.55 Å². The molecule has 65 valence electrons. The molecule has 12 heavy (non-hydrogen) atoms. The molecular formula is C10H13OS. The van der Waals surface area contributed by atoms with Crippen LogP contribution in [0.2, 0.25) is 0 Å². The van der Waals surface area contributed by atoms with Gasteiger partial charge in [-0.05, 0) is 37.2 Å². The van der Waals surface area contributed by atoms with Crippen LogP contribution in [0.15, 0.2) is 35.2 Å². The SMILES string of the molecule is [CH2]C(C)(C)[S+]([O-])c1ccccc1. The van der Waals surface area contributed by atoms with Crippen LogP contribution in [0, 0.1) is 6.92 Å². The molecule has 0 saturated carbocycles. The summed E-state index contributed by atoms with van der Waals surface area (Å²) in [4.78, 5) is 0.845. The van der Waals surface area contributed by atoms with Crippen molar-refractivity contribution in [1.82, 2.24) is 0 Å². The van der Waals surface area contributed by atoms with Crippen molar-refractivity contribution in [2.24, 2.45) is 0 Å². The van der Waals surface area contributed by atoms with E-state index in [1.165, 1.54) is 0 Å². The van der Waals surface area contributed by atoms with Gasteiger partial charge in [0.2, 0.25) is 0 Å². The van der Waals surface area contributed by atoms with Gasteiger partial charge in [-0.2, -0.15) is 0 Å². The monoisotopic (exact) mass is 181 g/mol. The topological polar surface area (TPSA) is 23.1 Å². The molecule has 1 aromatic carbocycles. The van der Waals surface area contributed by atoms with Gasteiger partial charge >= 0.3 is 0 Å². The van der Waals surface area contributed by atoms with E-state index in [1.807, 2.05) is 44.2 Å². The summed E-state index contributed by atoms with van der Waals surface area (Å²) in [6.45, 7) is 7.59. The molecule has 1 radical (unpaired) electrons. The third-order valence-corrected chi connectivity index (χ3v) is 3.16. The minimum Gasteiger partial charge on any atom is -0.611 e. The largest absolute Gasteiger partial charge is 0.611 e. The molecule has 0 spiro atoms. The van der Waals surface area contributed by atoms with Crippen LogP contribution < -0.4 is 0 Å². The first kappa shape index (κ1) is 9.62. The Balaban J connectivity index is 2.86. The smallest absolute Gasteiger partial charge is 0.153 e. The van der Waals surface area contributed by atoms with Gasteiger partial charge in [0.1, 0.15) is 4.75 Å². The highest BCUT2D eigenvalue weighted by Gasteiger charge is 2.27. The van der Waals surface area contributed by atoms with Crippen molar-refractivity contribution in [3.05, 3.63) is 37.3 Å². The second kappa shape index (κ2) is 3.50. The first-order valence-electron chi connectivity index (χ1n) is 3.84. The zero-order valence-electron chi connectivity index (χ0n) is 7.41. The zero-order chi connectivity index (χ0) is 9.19. The molecule has 0 amide bonds. The van der Waals surface area contributed by atoms with Gasteiger partial charge in [-0.25, -0.2) is 0 Å². The second-order valence-electron chi connectivity index (χ2n) is 3.34. The van der Waals surface area contributed by atoms with Gasteiger partial charge in [0.15, 0.2) is 4.90 Å². The van der Waals surface area contributed by atoms with E-state index in [-0.39, 0.29) is 0 Å². The highest BCUT2D eigenvalue weighted by Crippen LogP contribution is 2.23. The third kappa shape index (κ3) is 2.26. The van der Waals surface area contributed by atoms with Crippen molar-refractivity contribution in [2.45, 2.75) is 23.5 Å². The Hall–Kier alpha value is -0.470. The Morgan fingerprint density at radius 3 is 2.17 bits per heavy atom. The van der Waals surface area contributed by atoms with E-state index in [4.69, 9.17) is 0 Å². The van der Waals surface area contributed by atoms with E-state index in [0.717, 1.165) is 4.90 Å². The quantitative estimate of drug-likeness (QED) is 0.642. The van der Waals surface area contributed by atoms with E-state index >= 15 is 0 Å². The molecule has 0 bridgehead atoms. The summed E-state index contributed by atoms with van der Waals surface area (Å²) >= 11 is -1.01. The van der Waals surface area contributed by atoms with Gasteiger partial charge in [-0.15, -0.1) is 0 Å².